The number of carbonyl (C=O) groups excluding carboxylic acids is 1. The Labute approximate surface area is 113 Å². The summed E-state index contributed by atoms with van der Waals surface area (Å²) in [5.74, 6) is -0.435. The first-order chi connectivity index (χ1) is 8.63. The van der Waals surface area contributed by atoms with Gasteiger partial charge in [0.2, 0.25) is 0 Å². The van der Waals surface area contributed by atoms with Crippen molar-refractivity contribution in [2.24, 2.45) is 5.73 Å². The van der Waals surface area contributed by atoms with Gasteiger partial charge in [-0.05, 0) is 24.8 Å². The molecule has 4 heteroatoms. The summed E-state index contributed by atoms with van der Waals surface area (Å²) in [6.45, 7) is 2.06. The van der Waals surface area contributed by atoms with E-state index in [1.165, 1.54) is 0 Å². The highest BCUT2D eigenvalue weighted by Crippen LogP contribution is 2.11. The predicted molar refractivity (Wildman–Crippen MR) is 73.4 cm³/mol. The number of hydrogen-bond donors (Lipinski definition) is 1. The zero-order valence-corrected chi connectivity index (χ0v) is 11.4. The molecule has 0 spiro atoms. The Bertz CT molecular complexity index is 356. The van der Waals surface area contributed by atoms with Crippen LogP contribution >= 0.6 is 11.6 Å². The minimum absolute atomic E-state index is 0.435. The molecular weight excluding hydrogens is 250 g/mol. The molecule has 1 unspecified atom stereocenters. The van der Waals surface area contributed by atoms with Crippen molar-refractivity contribution in [2.45, 2.75) is 44.2 Å². The molecule has 0 aliphatic heterocycles. The van der Waals surface area contributed by atoms with Crippen LogP contribution in [0.25, 0.3) is 0 Å². The topological polar surface area (TPSA) is 52.3 Å². The molecule has 0 fully saturated rings. The first kappa shape index (κ1) is 15.0. The molecule has 0 saturated heterocycles. The molecule has 1 rings (SSSR count). The van der Waals surface area contributed by atoms with Gasteiger partial charge < -0.3 is 10.5 Å². The number of esters is 1. The Kier molecular flexibility index (Phi) is 6.76. The highest BCUT2D eigenvalue weighted by Gasteiger charge is 2.18. The smallest absolute Gasteiger partial charge is 0.324 e. The normalized spacial score (nSPS) is 13.9. The molecule has 1 aromatic carbocycles. The molecule has 2 atom stereocenters. The highest BCUT2D eigenvalue weighted by atomic mass is 35.5. The van der Waals surface area contributed by atoms with Gasteiger partial charge in [0.05, 0.1) is 0 Å². The van der Waals surface area contributed by atoms with Crippen LogP contribution in [0.3, 0.4) is 0 Å². The zero-order valence-electron chi connectivity index (χ0n) is 10.6. The van der Waals surface area contributed by atoms with Crippen LogP contribution in [0.2, 0.25) is 0 Å². The van der Waals surface area contributed by atoms with E-state index in [4.69, 9.17) is 22.1 Å². The number of halogens is 1. The van der Waals surface area contributed by atoms with Gasteiger partial charge in [0.1, 0.15) is 6.04 Å². The average Bonchev–Trinajstić information content (AvgIpc) is 2.37. The van der Waals surface area contributed by atoms with Crippen molar-refractivity contribution in [1.29, 1.82) is 0 Å². The van der Waals surface area contributed by atoms with Crippen LogP contribution < -0.4 is 5.73 Å². The number of rotatable bonds is 7. The minimum atomic E-state index is -0.657. The Hall–Kier alpha value is -1.06. The van der Waals surface area contributed by atoms with Gasteiger partial charge >= 0.3 is 5.97 Å². The monoisotopic (exact) mass is 269 g/mol. The van der Waals surface area contributed by atoms with E-state index in [2.05, 4.69) is 6.92 Å². The second-order valence-electron chi connectivity index (χ2n) is 4.29. The van der Waals surface area contributed by atoms with E-state index in [-0.39, 0.29) is 0 Å². The van der Waals surface area contributed by atoms with Gasteiger partial charge in [0.15, 0.2) is 5.56 Å². The molecule has 0 aliphatic carbocycles. The van der Waals surface area contributed by atoms with Gasteiger partial charge in [0, 0.05) is 0 Å². The first-order valence-corrected chi connectivity index (χ1v) is 6.71. The third kappa shape index (κ3) is 5.52. The lowest BCUT2D eigenvalue weighted by atomic mass is 10.1. The highest BCUT2D eigenvalue weighted by molar-refractivity contribution is 6.20. The molecule has 0 bridgehead atoms. The van der Waals surface area contributed by atoms with Crippen molar-refractivity contribution >= 4 is 17.6 Å². The van der Waals surface area contributed by atoms with Crippen molar-refractivity contribution in [3.8, 4) is 0 Å². The number of alkyl halides is 1. The number of benzene rings is 1. The standard InChI is InChI=1S/C14H20ClNO2/c1-2-3-9-13(15)18-14(17)12(16)10-11-7-5-4-6-8-11/h4-8,12-13H,2-3,9-10,16H2,1H3/t12-,13?/m0/s1. The molecule has 100 valence electrons. The molecule has 1 aromatic rings. The average molecular weight is 270 g/mol. The second-order valence-corrected chi connectivity index (χ2v) is 4.77. The summed E-state index contributed by atoms with van der Waals surface area (Å²) in [5.41, 5.74) is 6.24. The van der Waals surface area contributed by atoms with E-state index in [9.17, 15) is 4.79 Å². The van der Waals surface area contributed by atoms with Gasteiger partial charge in [-0.25, -0.2) is 0 Å². The zero-order chi connectivity index (χ0) is 13.4. The molecule has 3 nitrogen and oxygen atoms in total. The fourth-order valence-electron chi connectivity index (χ4n) is 1.59. The maximum absolute atomic E-state index is 11.7. The van der Waals surface area contributed by atoms with Gasteiger partial charge in [-0.2, -0.15) is 0 Å². The van der Waals surface area contributed by atoms with E-state index in [1.807, 2.05) is 30.3 Å². The Morgan fingerprint density at radius 2 is 2.06 bits per heavy atom. The van der Waals surface area contributed by atoms with E-state index in [1.54, 1.807) is 0 Å². The SMILES string of the molecule is CCCCC(Cl)OC(=O)[C@@H](N)Cc1ccccc1. The van der Waals surface area contributed by atoms with E-state index < -0.39 is 17.6 Å². The lowest BCUT2D eigenvalue weighted by Crippen LogP contribution is -2.35. The Morgan fingerprint density at radius 3 is 2.67 bits per heavy atom. The fraction of sp³-hybridized carbons (Fsp3) is 0.500. The molecule has 18 heavy (non-hydrogen) atoms. The maximum atomic E-state index is 11.7. The number of hydrogen-bond acceptors (Lipinski definition) is 3. The Balaban J connectivity index is 2.37. The Morgan fingerprint density at radius 1 is 1.39 bits per heavy atom. The van der Waals surface area contributed by atoms with E-state index >= 15 is 0 Å². The van der Waals surface area contributed by atoms with Crippen LogP contribution in [-0.2, 0) is 16.0 Å². The van der Waals surface area contributed by atoms with Gasteiger partial charge in [-0.1, -0.05) is 55.3 Å². The third-order valence-corrected chi connectivity index (χ3v) is 2.94. The summed E-state index contributed by atoms with van der Waals surface area (Å²) in [6.07, 6.45) is 3.10. The van der Waals surface area contributed by atoms with Crippen molar-refractivity contribution in [3.63, 3.8) is 0 Å². The minimum Gasteiger partial charge on any atom is -0.445 e. The lowest BCUT2D eigenvalue weighted by Gasteiger charge is -2.15. The van der Waals surface area contributed by atoms with Crippen molar-refractivity contribution in [1.82, 2.24) is 0 Å². The number of nitrogens with two attached hydrogens (primary N) is 1. The molecule has 0 aliphatic rings. The molecule has 0 saturated carbocycles. The summed E-state index contributed by atoms with van der Waals surface area (Å²) < 4.78 is 5.09. The van der Waals surface area contributed by atoms with Crippen LogP contribution in [0.5, 0.6) is 0 Å². The summed E-state index contributed by atoms with van der Waals surface area (Å²) in [6, 6.07) is 8.96. The maximum Gasteiger partial charge on any atom is 0.324 e. The summed E-state index contributed by atoms with van der Waals surface area (Å²) in [7, 11) is 0. The van der Waals surface area contributed by atoms with Crippen LogP contribution in [0.4, 0.5) is 0 Å². The van der Waals surface area contributed by atoms with Crippen molar-refractivity contribution < 1.29 is 9.53 Å². The van der Waals surface area contributed by atoms with Crippen LogP contribution in [-0.4, -0.2) is 17.6 Å². The molecule has 0 heterocycles. The van der Waals surface area contributed by atoms with Crippen LogP contribution in [0.1, 0.15) is 31.7 Å². The molecular formula is C14H20ClNO2. The molecule has 2 N–H and O–H groups in total. The third-order valence-electron chi connectivity index (χ3n) is 2.63. The van der Waals surface area contributed by atoms with Gasteiger partial charge in [-0.15, -0.1) is 0 Å². The molecule has 0 radical (unpaired) electrons. The van der Waals surface area contributed by atoms with E-state index in [0.29, 0.717) is 12.8 Å². The lowest BCUT2D eigenvalue weighted by molar-refractivity contribution is -0.147. The van der Waals surface area contributed by atoms with Crippen LogP contribution in [0, 0.1) is 0 Å². The van der Waals surface area contributed by atoms with E-state index in [0.717, 1.165) is 18.4 Å². The summed E-state index contributed by atoms with van der Waals surface area (Å²) >= 11 is 5.90. The summed E-state index contributed by atoms with van der Waals surface area (Å²) in [5, 5.41) is 0. The van der Waals surface area contributed by atoms with Gasteiger partial charge in [-0.3, -0.25) is 4.79 Å². The molecule has 0 amide bonds. The number of unbranched alkanes of at least 4 members (excludes halogenated alkanes) is 1. The fourth-order valence-corrected chi connectivity index (χ4v) is 1.83. The second kappa shape index (κ2) is 8.11. The largest absolute Gasteiger partial charge is 0.445 e. The van der Waals surface area contributed by atoms with Crippen LogP contribution in [0.15, 0.2) is 30.3 Å². The number of ether oxygens (including phenoxy) is 1. The van der Waals surface area contributed by atoms with Crippen molar-refractivity contribution in [2.75, 3.05) is 0 Å². The first-order valence-electron chi connectivity index (χ1n) is 6.27. The quantitative estimate of drug-likeness (QED) is 0.612. The van der Waals surface area contributed by atoms with Crippen molar-refractivity contribution in [3.05, 3.63) is 35.9 Å². The summed E-state index contributed by atoms with van der Waals surface area (Å²) in [4.78, 5) is 11.7. The predicted octanol–water partition coefficient (Wildman–Crippen LogP) is 2.85. The van der Waals surface area contributed by atoms with Gasteiger partial charge in [0.25, 0.3) is 0 Å². The molecule has 0 aromatic heterocycles. The number of carbonyl (C=O) groups is 1.